The second-order valence-electron chi connectivity index (χ2n) is 10.3. The van der Waals surface area contributed by atoms with Crippen LogP contribution in [0.4, 0.5) is 11.4 Å². The van der Waals surface area contributed by atoms with Crippen LogP contribution < -0.4 is 10.1 Å². The lowest BCUT2D eigenvalue weighted by Gasteiger charge is -2.61. The summed E-state index contributed by atoms with van der Waals surface area (Å²) in [6.45, 7) is 5.88. The molecule has 2 unspecified atom stereocenters. The molecule has 2 bridgehead atoms. The fourth-order valence-corrected chi connectivity index (χ4v) is 6.95. The average Bonchev–Trinajstić information content (AvgIpc) is 2.86. The maximum Gasteiger partial charge on any atom is 0.213 e. The number of ether oxygens (including phenoxy) is 3. The number of hydrogen-bond donors (Lipinski definition) is 1. The Morgan fingerprint density at radius 1 is 1.09 bits per heavy atom. The Bertz CT molecular complexity index is 966. The van der Waals surface area contributed by atoms with Crippen LogP contribution in [0.5, 0.6) is 5.88 Å². The van der Waals surface area contributed by atoms with Crippen molar-refractivity contribution in [1.29, 1.82) is 0 Å². The van der Waals surface area contributed by atoms with Crippen LogP contribution in [-0.2, 0) is 21.3 Å². The molecule has 1 aliphatic heterocycles. The summed E-state index contributed by atoms with van der Waals surface area (Å²) in [7, 11) is 4.01. The van der Waals surface area contributed by atoms with Crippen LogP contribution in [0.3, 0.4) is 0 Å². The standard InChI is InChI=1S/C28H39N3O3/c1-20-19-31(2)26-16-21-7-8-22(17-25(21)28(20)11-5-4-6-24(26)28)30-23-9-10-27(29-18-23)34-15-14-33-13-12-32-3/h7-10,17-18,20,24,26,30H,4-6,11-16,19H2,1-3H3/t20-,24?,26+,28?/m0/s1. The maximum absolute atomic E-state index is 5.68. The summed E-state index contributed by atoms with van der Waals surface area (Å²) in [6.07, 6.45) is 8.49. The van der Waals surface area contributed by atoms with Gasteiger partial charge in [-0.3, -0.25) is 0 Å². The van der Waals surface area contributed by atoms with Crippen LogP contribution in [0.25, 0.3) is 0 Å². The summed E-state index contributed by atoms with van der Waals surface area (Å²) < 4.78 is 16.1. The summed E-state index contributed by atoms with van der Waals surface area (Å²) in [4.78, 5) is 7.11. The van der Waals surface area contributed by atoms with Crippen LogP contribution in [0.1, 0.15) is 43.7 Å². The summed E-state index contributed by atoms with van der Waals surface area (Å²) in [6, 6.07) is 11.7. The van der Waals surface area contributed by atoms with Crippen molar-refractivity contribution in [2.24, 2.45) is 11.8 Å². The normalized spacial score (nSPS) is 28.1. The van der Waals surface area contributed by atoms with Crippen LogP contribution in [0, 0.1) is 11.8 Å². The van der Waals surface area contributed by atoms with E-state index < -0.39 is 0 Å². The van der Waals surface area contributed by atoms with Crippen LogP contribution in [0.2, 0.25) is 0 Å². The van der Waals surface area contributed by atoms with Gasteiger partial charge in [0.15, 0.2) is 0 Å². The van der Waals surface area contributed by atoms with Crippen molar-refractivity contribution in [3.05, 3.63) is 47.7 Å². The number of aromatic nitrogens is 1. The second kappa shape index (κ2) is 10.2. The van der Waals surface area contributed by atoms with Crippen molar-refractivity contribution in [3.63, 3.8) is 0 Å². The fraction of sp³-hybridized carbons (Fsp3) is 0.607. The molecule has 0 radical (unpaired) electrons. The van der Waals surface area contributed by atoms with Crippen molar-refractivity contribution >= 4 is 11.4 Å². The highest BCUT2D eigenvalue weighted by atomic mass is 16.5. The largest absolute Gasteiger partial charge is 0.475 e. The van der Waals surface area contributed by atoms with E-state index >= 15 is 0 Å². The van der Waals surface area contributed by atoms with Gasteiger partial charge in [-0.25, -0.2) is 4.98 Å². The molecule has 184 valence electrons. The van der Waals surface area contributed by atoms with Crippen molar-refractivity contribution in [3.8, 4) is 5.88 Å². The number of nitrogens with one attached hydrogen (secondary N) is 1. The first-order chi connectivity index (χ1) is 16.6. The zero-order chi connectivity index (χ0) is 23.5. The summed E-state index contributed by atoms with van der Waals surface area (Å²) in [5.41, 5.74) is 5.64. The number of methoxy groups -OCH3 is 1. The highest BCUT2D eigenvalue weighted by Crippen LogP contribution is 2.58. The molecule has 2 aromatic rings. The molecule has 4 atom stereocenters. The number of nitrogens with zero attached hydrogens (tertiary/aromatic N) is 2. The van der Waals surface area contributed by atoms with Gasteiger partial charge in [0.1, 0.15) is 6.61 Å². The lowest BCUT2D eigenvalue weighted by molar-refractivity contribution is -0.0362. The van der Waals surface area contributed by atoms with E-state index in [9.17, 15) is 0 Å². The molecule has 0 spiro atoms. The van der Waals surface area contributed by atoms with E-state index in [0.29, 0.717) is 49.7 Å². The van der Waals surface area contributed by atoms with Crippen molar-refractivity contribution in [2.75, 3.05) is 52.4 Å². The molecule has 2 aliphatic carbocycles. The third-order valence-electron chi connectivity index (χ3n) is 8.46. The lowest BCUT2D eigenvalue weighted by atomic mass is 9.49. The van der Waals surface area contributed by atoms with E-state index in [1.807, 2.05) is 18.3 Å². The van der Waals surface area contributed by atoms with E-state index in [1.165, 1.54) is 38.6 Å². The molecule has 1 aromatic heterocycles. The molecule has 2 fully saturated rings. The second-order valence-corrected chi connectivity index (χ2v) is 10.3. The van der Waals surface area contributed by atoms with Gasteiger partial charge in [0.25, 0.3) is 0 Å². The number of benzene rings is 1. The molecule has 0 amide bonds. The smallest absolute Gasteiger partial charge is 0.213 e. The van der Waals surface area contributed by atoms with Crippen LogP contribution in [0.15, 0.2) is 36.5 Å². The molecule has 1 aromatic carbocycles. The minimum Gasteiger partial charge on any atom is -0.475 e. The Balaban J connectivity index is 1.28. The fourth-order valence-electron chi connectivity index (χ4n) is 6.95. The van der Waals surface area contributed by atoms with Gasteiger partial charge in [-0.15, -0.1) is 0 Å². The summed E-state index contributed by atoms with van der Waals surface area (Å²) in [5.74, 6) is 2.08. The number of hydrogen-bond acceptors (Lipinski definition) is 6. The van der Waals surface area contributed by atoms with Crippen LogP contribution in [-0.4, -0.2) is 63.1 Å². The molecule has 1 N–H and O–H groups in total. The van der Waals surface area contributed by atoms with Gasteiger partial charge >= 0.3 is 0 Å². The first kappa shape index (κ1) is 23.6. The molecule has 5 rings (SSSR count). The number of likely N-dealkylation sites (N-methyl/N-ethyl adjacent to an activating group) is 1. The number of pyridine rings is 1. The molecule has 3 aliphatic rings. The summed E-state index contributed by atoms with van der Waals surface area (Å²) >= 11 is 0. The monoisotopic (exact) mass is 465 g/mol. The molecule has 34 heavy (non-hydrogen) atoms. The Labute approximate surface area is 204 Å². The van der Waals surface area contributed by atoms with Gasteiger partial charge in [-0.1, -0.05) is 25.8 Å². The maximum atomic E-state index is 5.68. The van der Waals surface area contributed by atoms with E-state index in [4.69, 9.17) is 14.2 Å². The van der Waals surface area contributed by atoms with Crippen molar-refractivity contribution in [1.82, 2.24) is 9.88 Å². The molecule has 2 heterocycles. The third kappa shape index (κ3) is 4.43. The number of likely N-dealkylation sites (tertiary alicyclic amines) is 1. The van der Waals surface area contributed by atoms with Gasteiger partial charge in [-0.05, 0) is 67.5 Å². The van der Waals surface area contributed by atoms with E-state index in [2.05, 4.69) is 47.4 Å². The third-order valence-corrected chi connectivity index (χ3v) is 8.46. The molecular formula is C28H39N3O3. The van der Waals surface area contributed by atoms with Gasteiger partial charge in [0, 0.05) is 36.9 Å². The Kier molecular flexibility index (Phi) is 7.09. The Morgan fingerprint density at radius 2 is 1.94 bits per heavy atom. The Morgan fingerprint density at radius 3 is 2.76 bits per heavy atom. The zero-order valence-corrected chi connectivity index (χ0v) is 20.9. The summed E-state index contributed by atoms with van der Waals surface area (Å²) in [5, 5.41) is 3.59. The number of fused-ring (bicyclic) bond motifs is 1. The highest BCUT2D eigenvalue weighted by Gasteiger charge is 2.56. The van der Waals surface area contributed by atoms with Crippen molar-refractivity contribution in [2.45, 2.75) is 50.5 Å². The highest BCUT2D eigenvalue weighted by molar-refractivity contribution is 5.62. The predicted octanol–water partition coefficient (Wildman–Crippen LogP) is 4.80. The van der Waals surface area contributed by atoms with Gasteiger partial charge < -0.3 is 24.4 Å². The minimum atomic E-state index is 0.335. The molecule has 6 heteroatoms. The van der Waals surface area contributed by atoms with Gasteiger partial charge in [0.05, 0.1) is 31.7 Å². The average molecular weight is 466 g/mol. The molecule has 1 saturated carbocycles. The van der Waals surface area contributed by atoms with Gasteiger partial charge in [0.2, 0.25) is 5.88 Å². The SMILES string of the molecule is COCCOCCOc1ccc(Nc2ccc3c(c2)C24CCCCC2[C@@H](C3)N(C)C[C@@H]4C)cn1. The van der Waals surface area contributed by atoms with Crippen LogP contribution >= 0.6 is 0 Å². The molecule has 6 nitrogen and oxygen atoms in total. The number of rotatable bonds is 9. The topological polar surface area (TPSA) is 55.9 Å². The van der Waals surface area contributed by atoms with Crippen molar-refractivity contribution < 1.29 is 14.2 Å². The quantitative estimate of drug-likeness (QED) is 0.537. The number of piperidine rings is 1. The van der Waals surface area contributed by atoms with E-state index in [-0.39, 0.29) is 0 Å². The van der Waals surface area contributed by atoms with E-state index in [0.717, 1.165) is 17.3 Å². The minimum absolute atomic E-state index is 0.335. The molecule has 1 saturated heterocycles. The van der Waals surface area contributed by atoms with E-state index in [1.54, 1.807) is 18.2 Å². The predicted molar refractivity (Wildman–Crippen MR) is 135 cm³/mol. The number of anilines is 2. The molecular weight excluding hydrogens is 426 g/mol. The Hall–Kier alpha value is -2.15. The van der Waals surface area contributed by atoms with Gasteiger partial charge in [-0.2, -0.15) is 0 Å². The first-order valence-corrected chi connectivity index (χ1v) is 12.9. The zero-order valence-electron chi connectivity index (χ0n) is 20.9. The lowest BCUT2D eigenvalue weighted by Crippen LogP contribution is -2.63. The first-order valence-electron chi connectivity index (χ1n) is 12.9.